The summed E-state index contributed by atoms with van der Waals surface area (Å²) in [5.74, 6) is -1.14. The third-order valence-corrected chi connectivity index (χ3v) is 4.60. The van der Waals surface area contributed by atoms with Crippen LogP contribution >= 0.6 is 0 Å². The van der Waals surface area contributed by atoms with Gasteiger partial charge in [-0.1, -0.05) is 25.4 Å². The Bertz CT molecular complexity index is 761. The van der Waals surface area contributed by atoms with Crippen molar-refractivity contribution >= 4 is 29.6 Å². The van der Waals surface area contributed by atoms with Gasteiger partial charge in [0.15, 0.2) is 11.9 Å². The summed E-state index contributed by atoms with van der Waals surface area (Å²) >= 11 is 0. The van der Waals surface area contributed by atoms with E-state index in [-0.39, 0.29) is 5.82 Å². The van der Waals surface area contributed by atoms with Crippen LogP contribution in [0.2, 0.25) is 0 Å². The van der Waals surface area contributed by atoms with Crippen molar-refractivity contribution in [3.05, 3.63) is 11.8 Å². The summed E-state index contributed by atoms with van der Waals surface area (Å²) in [7, 11) is 0. The van der Waals surface area contributed by atoms with Gasteiger partial charge >= 0.3 is 12.0 Å². The van der Waals surface area contributed by atoms with E-state index in [0.29, 0.717) is 25.0 Å². The van der Waals surface area contributed by atoms with Crippen LogP contribution in [0.15, 0.2) is 10.6 Å². The van der Waals surface area contributed by atoms with E-state index in [1.165, 1.54) is 6.07 Å². The Balaban J connectivity index is 2.01. The van der Waals surface area contributed by atoms with E-state index in [9.17, 15) is 19.2 Å². The zero-order valence-electron chi connectivity index (χ0n) is 16.5. The van der Waals surface area contributed by atoms with Crippen LogP contribution in [0, 0.1) is 6.92 Å². The molecule has 154 valence electrons. The molecule has 10 heteroatoms. The van der Waals surface area contributed by atoms with Gasteiger partial charge in [0.1, 0.15) is 17.8 Å². The predicted octanol–water partition coefficient (Wildman–Crippen LogP) is 1.74. The van der Waals surface area contributed by atoms with E-state index in [0.717, 1.165) is 11.3 Å². The second-order valence-electron chi connectivity index (χ2n) is 6.94. The summed E-state index contributed by atoms with van der Waals surface area (Å²) < 4.78 is 10.2. The van der Waals surface area contributed by atoms with Gasteiger partial charge in [0, 0.05) is 6.07 Å². The highest BCUT2D eigenvalue weighted by Crippen LogP contribution is 2.21. The molecule has 0 radical (unpaired) electrons. The third-order valence-electron chi connectivity index (χ3n) is 4.60. The van der Waals surface area contributed by atoms with Crippen molar-refractivity contribution in [3.8, 4) is 0 Å². The first-order valence-corrected chi connectivity index (χ1v) is 9.28. The number of amides is 4. The predicted molar refractivity (Wildman–Crippen MR) is 98.2 cm³/mol. The van der Waals surface area contributed by atoms with Crippen molar-refractivity contribution in [2.75, 3.05) is 11.9 Å². The number of esters is 1. The molecule has 1 aromatic rings. The van der Waals surface area contributed by atoms with E-state index in [2.05, 4.69) is 15.8 Å². The normalized spacial score (nSPS) is 20.1. The molecule has 2 atom stereocenters. The van der Waals surface area contributed by atoms with Gasteiger partial charge in [0.25, 0.3) is 11.8 Å². The lowest BCUT2D eigenvalue weighted by atomic mass is 9.99. The molecule has 2 unspecified atom stereocenters. The van der Waals surface area contributed by atoms with Gasteiger partial charge in [0.05, 0.1) is 0 Å². The molecular formula is C18H26N4O6. The Labute approximate surface area is 162 Å². The minimum Gasteiger partial charge on any atom is -0.451 e. The summed E-state index contributed by atoms with van der Waals surface area (Å²) in [5.41, 5.74) is -1.04. The number of aromatic nitrogens is 1. The first kappa shape index (κ1) is 21.4. The minimum absolute atomic E-state index is 0.216. The van der Waals surface area contributed by atoms with Crippen LogP contribution in [0.1, 0.15) is 52.2 Å². The number of aryl methyl sites for hydroxylation is 1. The molecule has 28 heavy (non-hydrogen) atoms. The van der Waals surface area contributed by atoms with Gasteiger partial charge in [-0.15, -0.1) is 0 Å². The quantitative estimate of drug-likeness (QED) is 0.482. The molecule has 2 heterocycles. The average molecular weight is 394 g/mol. The number of nitrogens with one attached hydrogen (secondary N) is 2. The molecule has 1 fully saturated rings. The van der Waals surface area contributed by atoms with E-state index in [1.54, 1.807) is 20.8 Å². The van der Waals surface area contributed by atoms with Crippen molar-refractivity contribution in [1.29, 1.82) is 0 Å². The maximum absolute atomic E-state index is 12.4. The lowest BCUT2D eigenvalue weighted by molar-refractivity contribution is -0.156. The molecular weight excluding hydrogens is 368 g/mol. The highest BCUT2D eigenvalue weighted by atomic mass is 16.5. The van der Waals surface area contributed by atoms with Gasteiger partial charge in [-0.05, 0) is 33.1 Å². The zero-order valence-corrected chi connectivity index (χ0v) is 16.5. The molecule has 0 saturated carbocycles. The van der Waals surface area contributed by atoms with Crippen molar-refractivity contribution in [2.24, 2.45) is 0 Å². The van der Waals surface area contributed by atoms with Crippen molar-refractivity contribution in [1.82, 2.24) is 15.4 Å². The van der Waals surface area contributed by atoms with Gasteiger partial charge in [-0.2, -0.15) is 0 Å². The Morgan fingerprint density at radius 2 is 2.11 bits per heavy atom. The fraction of sp³-hybridized carbons (Fsp3) is 0.611. The molecule has 1 aliphatic rings. The minimum atomic E-state index is -1.07. The number of nitrogens with zero attached hydrogens (tertiary/aromatic N) is 2. The Hall–Kier alpha value is -2.91. The average Bonchev–Trinajstić information content (AvgIpc) is 3.14. The number of hydrogen-bond donors (Lipinski definition) is 2. The van der Waals surface area contributed by atoms with Gasteiger partial charge < -0.3 is 19.9 Å². The second-order valence-corrected chi connectivity index (χ2v) is 6.94. The number of carbonyl (C=O) groups is 4. The number of hydrogen-bond acceptors (Lipinski definition) is 7. The Kier molecular flexibility index (Phi) is 6.76. The first-order valence-electron chi connectivity index (χ1n) is 9.28. The number of carbonyl (C=O) groups excluding carboxylic acids is 4. The number of imide groups is 1. The Morgan fingerprint density at radius 1 is 1.39 bits per heavy atom. The SMILES string of the molecule is CCCCC(OC(=O)CN1C(=O)NC(C)(CC)C1=O)C(=O)Nc1cc(C)on1. The van der Waals surface area contributed by atoms with Crippen LogP contribution in [-0.4, -0.2) is 52.1 Å². The highest BCUT2D eigenvalue weighted by Gasteiger charge is 2.47. The van der Waals surface area contributed by atoms with Gasteiger partial charge in [-0.25, -0.2) is 4.79 Å². The number of ether oxygens (including phenoxy) is 1. The molecule has 1 saturated heterocycles. The molecule has 0 aliphatic carbocycles. The molecule has 1 aliphatic heterocycles. The monoisotopic (exact) mass is 394 g/mol. The summed E-state index contributed by atoms with van der Waals surface area (Å²) in [4.78, 5) is 50.0. The lowest BCUT2D eigenvalue weighted by Crippen LogP contribution is -2.44. The molecule has 10 nitrogen and oxygen atoms in total. The number of urea groups is 1. The molecule has 2 N–H and O–H groups in total. The molecule has 0 aromatic carbocycles. The van der Waals surface area contributed by atoms with E-state index < -0.39 is 42.0 Å². The zero-order chi connectivity index (χ0) is 20.9. The smallest absolute Gasteiger partial charge is 0.327 e. The maximum Gasteiger partial charge on any atom is 0.327 e. The van der Waals surface area contributed by atoms with E-state index in [4.69, 9.17) is 9.26 Å². The first-order chi connectivity index (χ1) is 13.2. The molecule has 0 spiro atoms. The van der Waals surface area contributed by atoms with E-state index >= 15 is 0 Å². The number of rotatable bonds is 9. The van der Waals surface area contributed by atoms with Gasteiger partial charge in [0.2, 0.25) is 0 Å². The lowest BCUT2D eigenvalue weighted by Gasteiger charge is -2.20. The van der Waals surface area contributed by atoms with Crippen LogP contribution in [0.3, 0.4) is 0 Å². The summed E-state index contributed by atoms with van der Waals surface area (Å²) in [6, 6.07) is 0.883. The number of unbranched alkanes of at least 4 members (excludes halogenated alkanes) is 1. The van der Waals surface area contributed by atoms with Crippen LogP contribution in [-0.2, 0) is 19.1 Å². The molecule has 0 bridgehead atoms. The van der Waals surface area contributed by atoms with E-state index in [1.807, 2.05) is 6.92 Å². The van der Waals surface area contributed by atoms with Gasteiger partial charge in [-0.3, -0.25) is 19.3 Å². The summed E-state index contributed by atoms with van der Waals surface area (Å²) in [6.07, 6.45) is 1.08. The largest absolute Gasteiger partial charge is 0.451 e. The summed E-state index contributed by atoms with van der Waals surface area (Å²) in [5, 5.41) is 8.76. The maximum atomic E-state index is 12.4. The summed E-state index contributed by atoms with van der Waals surface area (Å²) in [6.45, 7) is 6.42. The van der Waals surface area contributed by atoms with Crippen LogP contribution < -0.4 is 10.6 Å². The standard InChI is InChI=1S/C18H26N4O6/c1-5-7-8-12(15(24)19-13-9-11(3)28-21-13)27-14(23)10-22-16(25)18(4,6-2)20-17(22)26/h9,12H,5-8,10H2,1-4H3,(H,20,26)(H,19,21,24). The van der Waals surface area contributed by atoms with Crippen LogP contribution in [0.25, 0.3) is 0 Å². The molecule has 1 aromatic heterocycles. The topological polar surface area (TPSA) is 131 Å². The van der Waals surface area contributed by atoms with Crippen molar-refractivity contribution < 1.29 is 28.4 Å². The second kappa shape index (κ2) is 8.85. The molecule has 4 amide bonds. The Morgan fingerprint density at radius 3 is 2.64 bits per heavy atom. The fourth-order valence-corrected chi connectivity index (χ4v) is 2.72. The van der Waals surface area contributed by atoms with Crippen molar-refractivity contribution in [3.63, 3.8) is 0 Å². The van der Waals surface area contributed by atoms with Crippen LogP contribution in [0.4, 0.5) is 10.6 Å². The number of anilines is 1. The van der Waals surface area contributed by atoms with Crippen LogP contribution in [0.5, 0.6) is 0 Å². The highest BCUT2D eigenvalue weighted by molar-refractivity contribution is 6.08. The van der Waals surface area contributed by atoms with Crippen molar-refractivity contribution in [2.45, 2.75) is 65.0 Å². The fourth-order valence-electron chi connectivity index (χ4n) is 2.72. The molecule has 2 rings (SSSR count). The third kappa shape index (κ3) is 4.87.